The summed E-state index contributed by atoms with van der Waals surface area (Å²) in [5.41, 5.74) is 1.57. The first-order valence-corrected chi connectivity index (χ1v) is 8.42. The lowest BCUT2D eigenvalue weighted by Gasteiger charge is -2.08. The Balaban J connectivity index is 1.95. The fraction of sp³-hybridized carbons (Fsp3) is 0.615. The lowest BCUT2D eigenvalue weighted by Crippen LogP contribution is -2.08. The predicted octanol–water partition coefficient (Wildman–Crippen LogP) is 2.73. The van der Waals surface area contributed by atoms with Gasteiger partial charge in [-0.3, -0.25) is 0 Å². The van der Waals surface area contributed by atoms with Crippen molar-refractivity contribution in [3.8, 4) is 0 Å². The number of aromatic nitrogens is 4. The summed E-state index contributed by atoms with van der Waals surface area (Å²) in [5.74, 6) is 2.69. The SMILES string of the molecule is CCNc1nc(NCCCCCSC)c2[nH]cnc2n1. The van der Waals surface area contributed by atoms with Crippen molar-refractivity contribution in [3.05, 3.63) is 6.33 Å². The van der Waals surface area contributed by atoms with Crippen molar-refractivity contribution in [1.82, 2.24) is 19.9 Å². The van der Waals surface area contributed by atoms with Crippen molar-refractivity contribution >= 4 is 34.7 Å². The first-order valence-electron chi connectivity index (χ1n) is 7.03. The topological polar surface area (TPSA) is 78.5 Å². The molecule has 110 valence electrons. The van der Waals surface area contributed by atoms with Gasteiger partial charge < -0.3 is 15.6 Å². The molecule has 0 fully saturated rings. The molecule has 20 heavy (non-hydrogen) atoms. The molecule has 0 amide bonds. The summed E-state index contributed by atoms with van der Waals surface area (Å²) in [7, 11) is 0. The zero-order valence-electron chi connectivity index (χ0n) is 12.1. The van der Waals surface area contributed by atoms with Crippen LogP contribution in [0.15, 0.2) is 6.33 Å². The highest BCUT2D eigenvalue weighted by Gasteiger charge is 2.08. The highest BCUT2D eigenvalue weighted by atomic mass is 32.2. The zero-order valence-corrected chi connectivity index (χ0v) is 12.9. The van der Waals surface area contributed by atoms with Gasteiger partial charge in [0.2, 0.25) is 5.95 Å². The molecule has 0 aliphatic heterocycles. The van der Waals surface area contributed by atoms with Crippen molar-refractivity contribution in [1.29, 1.82) is 0 Å². The Labute approximate surface area is 123 Å². The van der Waals surface area contributed by atoms with E-state index in [4.69, 9.17) is 0 Å². The molecule has 0 aromatic carbocycles. The van der Waals surface area contributed by atoms with Crippen LogP contribution in [-0.2, 0) is 0 Å². The largest absolute Gasteiger partial charge is 0.368 e. The van der Waals surface area contributed by atoms with E-state index < -0.39 is 0 Å². The molecule has 0 atom stereocenters. The predicted molar refractivity (Wildman–Crippen MR) is 86.6 cm³/mol. The average Bonchev–Trinajstić information content (AvgIpc) is 2.91. The summed E-state index contributed by atoms with van der Waals surface area (Å²) in [6, 6.07) is 0. The molecule has 2 heterocycles. The molecule has 2 aromatic rings. The highest BCUT2D eigenvalue weighted by molar-refractivity contribution is 7.98. The molecule has 3 N–H and O–H groups in total. The maximum Gasteiger partial charge on any atom is 0.226 e. The van der Waals surface area contributed by atoms with Gasteiger partial charge in [-0.25, -0.2) is 4.98 Å². The fourth-order valence-corrected chi connectivity index (χ4v) is 2.45. The van der Waals surface area contributed by atoms with Gasteiger partial charge in [-0.2, -0.15) is 21.7 Å². The van der Waals surface area contributed by atoms with Crippen LogP contribution in [0.1, 0.15) is 26.2 Å². The first kappa shape index (κ1) is 14.9. The molecule has 7 heteroatoms. The van der Waals surface area contributed by atoms with Crippen LogP contribution in [-0.4, -0.2) is 45.0 Å². The van der Waals surface area contributed by atoms with Crippen LogP contribution in [0.3, 0.4) is 0 Å². The summed E-state index contributed by atoms with van der Waals surface area (Å²) in [6.45, 7) is 3.74. The van der Waals surface area contributed by atoms with Crippen molar-refractivity contribution in [2.45, 2.75) is 26.2 Å². The lowest BCUT2D eigenvalue weighted by atomic mass is 10.2. The summed E-state index contributed by atoms with van der Waals surface area (Å²) < 4.78 is 0. The van der Waals surface area contributed by atoms with E-state index in [9.17, 15) is 0 Å². The number of hydrogen-bond donors (Lipinski definition) is 3. The summed E-state index contributed by atoms with van der Waals surface area (Å²) in [6.07, 6.45) is 7.46. The maximum atomic E-state index is 4.49. The Morgan fingerprint density at radius 2 is 2.10 bits per heavy atom. The molecular weight excluding hydrogens is 272 g/mol. The van der Waals surface area contributed by atoms with Crippen molar-refractivity contribution in [3.63, 3.8) is 0 Å². The number of rotatable bonds is 9. The van der Waals surface area contributed by atoms with Gasteiger partial charge in [-0.05, 0) is 31.8 Å². The molecule has 6 nitrogen and oxygen atoms in total. The monoisotopic (exact) mass is 294 g/mol. The van der Waals surface area contributed by atoms with Crippen LogP contribution in [0.25, 0.3) is 11.2 Å². The molecule has 0 aliphatic carbocycles. The van der Waals surface area contributed by atoms with Gasteiger partial charge in [0.1, 0.15) is 5.52 Å². The van der Waals surface area contributed by atoms with E-state index >= 15 is 0 Å². The smallest absolute Gasteiger partial charge is 0.226 e. The van der Waals surface area contributed by atoms with E-state index in [1.165, 1.54) is 18.6 Å². The number of thioether (sulfide) groups is 1. The minimum atomic E-state index is 0.622. The summed E-state index contributed by atoms with van der Waals surface area (Å²) >= 11 is 1.90. The van der Waals surface area contributed by atoms with Crippen LogP contribution in [0, 0.1) is 0 Å². The second-order valence-electron chi connectivity index (χ2n) is 4.51. The van der Waals surface area contributed by atoms with Gasteiger partial charge in [-0.1, -0.05) is 6.42 Å². The third kappa shape index (κ3) is 4.00. The van der Waals surface area contributed by atoms with Gasteiger partial charge in [0.15, 0.2) is 11.5 Å². The van der Waals surface area contributed by atoms with Gasteiger partial charge >= 0.3 is 0 Å². The molecular formula is C13H22N6S. The number of fused-ring (bicyclic) bond motifs is 1. The van der Waals surface area contributed by atoms with E-state index in [1.54, 1.807) is 6.33 Å². The average molecular weight is 294 g/mol. The molecule has 0 aliphatic rings. The summed E-state index contributed by atoms with van der Waals surface area (Å²) in [4.78, 5) is 16.1. The third-order valence-corrected chi connectivity index (χ3v) is 3.64. The Morgan fingerprint density at radius 3 is 2.90 bits per heavy atom. The van der Waals surface area contributed by atoms with Gasteiger partial charge in [-0.15, -0.1) is 0 Å². The van der Waals surface area contributed by atoms with E-state index in [-0.39, 0.29) is 0 Å². The number of nitrogens with zero attached hydrogens (tertiary/aromatic N) is 3. The van der Waals surface area contributed by atoms with Crippen molar-refractivity contribution in [2.24, 2.45) is 0 Å². The van der Waals surface area contributed by atoms with Crippen LogP contribution >= 0.6 is 11.8 Å². The van der Waals surface area contributed by atoms with Gasteiger partial charge in [0.05, 0.1) is 6.33 Å². The minimum Gasteiger partial charge on any atom is -0.368 e. The van der Waals surface area contributed by atoms with Gasteiger partial charge in [0.25, 0.3) is 0 Å². The fourth-order valence-electron chi connectivity index (χ4n) is 1.95. The molecule has 0 saturated heterocycles. The maximum absolute atomic E-state index is 4.49. The minimum absolute atomic E-state index is 0.622. The third-order valence-electron chi connectivity index (χ3n) is 2.94. The number of hydrogen-bond acceptors (Lipinski definition) is 6. The Bertz CT molecular complexity index is 527. The first-order chi connectivity index (χ1) is 9.85. The number of imidazole rings is 1. The number of nitrogens with one attached hydrogen (secondary N) is 3. The van der Waals surface area contributed by atoms with E-state index in [0.717, 1.165) is 30.8 Å². The van der Waals surface area contributed by atoms with E-state index in [0.29, 0.717) is 11.6 Å². The molecule has 0 bridgehead atoms. The van der Waals surface area contributed by atoms with Crippen LogP contribution in [0.5, 0.6) is 0 Å². The molecule has 0 radical (unpaired) electrons. The molecule has 2 aromatic heterocycles. The van der Waals surface area contributed by atoms with Crippen LogP contribution in [0.2, 0.25) is 0 Å². The molecule has 2 rings (SSSR count). The van der Waals surface area contributed by atoms with Crippen LogP contribution in [0.4, 0.5) is 11.8 Å². The Morgan fingerprint density at radius 1 is 1.20 bits per heavy atom. The quantitative estimate of drug-likeness (QED) is 0.617. The van der Waals surface area contributed by atoms with E-state index in [1.807, 2.05) is 18.7 Å². The lowest BCUT2D eigenvalue weighted by molar-refractivity contribution is 0.748. The second kappa shape index (κ2) is 7.94. The Kier molecular flexibility index (Phi) is 5.91. The number of H-pyrrole nitrogens is 1. The zero-order chi connectivity index (χ0) is 14.2. The van der Waals surface area contributed by atoms with Crippen molar-refractivity contribution < 1.29 is 0 Å². The Hall–Kier alpha value is -1.50. The molecule has 0 unspecified atom stereocenters. The second-order valence-corrected chi connectivity index (χ2v) is 5.49. The standard InChI is InChI=1S/C13H22N6S/c1-3-14-13-18-11(10-12(19-13)17-9-16-10)15-7-5-4-6-8-20-2/h9H,3-8H2,1-2H3,(H3,14,15,16,17,18,19). The van der Waals surface area contributed by atoms with Crippen molar-refractivity contribution in [2.75, 3.05) is 35.7 Å². The van der Waals surface area contributed by atoms with E-state index in [2.05, 4.69) is 36.8 Å². The van der Waals surface area contributed by atoms with Crippen LogP contribution < -0.4 is 10.6 Å². The molecule has 0 saturated carbocycles. The number of unbranched alkanes of at least 4 members (excludes halogenated alkanes) is 2. The number of aromatic amines is 1. The summed E-state index contributed by atoms with van der Waals surface area (Å²) in [5, 5.41) is 6.51. The van der Waals surface area contributed by atoms with Gasteiger partial charge in [0, 0.05) is 13.1 Å². The normalized spacial score (nSPS) is 10.9. The highest BCUT2D eigenvalue weighted by Crippen LogP contribution is 2.18. The molecule has 0 spiro atoms. The number of anilines is 2.